The molecule has 0 unspecified atom stereocenters. The van der Waals surface area contributed by atoms with E-state index in [2.05, 4.69) is 4.90 Å². The Morgan fingerprint density at radius 2 is 1.96 bits per heavy atom. The molecule has 2 fully saturated rings. The monoisotopic (exact) mass is 320 g/mol. The minimum Gasteiger partial charge on any atom is -0.456 e. The summed E-state index contributed by atoms with van der Waals surface area (Å²) in [6.45, 7) is 6.01. The summed E-state index contributed by atoms with van der Waals surface area (Å²) in [6.07, 6.45) is 2.46. The zero-order valence-corrected chi connectivity index (χ0v) is 13.5. The second kappa shape index (κ2) is 6.84. The Labute approximate surface area is 135 Å². The Balaban J connectivity index is 1.70. The van der Waals surface area contributed by atoms with Gasteiger partial charge in [0.2, 0.25) is 0 Å². The maximum atomic E-state index is 12.6. The molecule has 1 N–H and O–H groups in total. The van der Waals surface area contributed by atoms with Gasteiger partial charge in [0.05, 0.1) is 0 Å². The van der Waals surface area contributed by atoms with Crippen LogP contribution < -0.4 is 5.43 Å². The molecule has 6 nitrogen and oxygen atoms in total. The number of aliphatic hydroxyl groups is 1. The molecule has 2 atom stereocenters. The van der Waals surface area contributed by atoms with Crippen LogP contribution in [0.5, 0.6) is 0 Å². The fraction of sp³-hybridized carbons (Fsp3) is 0.647. The fourth-order valence-corrected chi connectivity index (χ4v) is 3.68. The smallest absolute Gasteiger partial charge is 0.289 e. The number of likely N-dealkylation sites (tertiary alicyclic amines) is 2. The van der Waals surface area contributed by atoms with Gasteiger partial charge >= 0.3 is 0 Å². The number of aliphatic hydroxyl groups excluding tert-OH is 1. The first-order valence-corrected chi connectivity index (χ1v) is 8.31. The molecule has 0 bridgehead atoms. The van der Waals surface area contributed by atoms with E-state index in [-0.39, 0.29) is 35.5 Å². The molecule has 0 spiro atoms. The molecule has 1 amide bonds. The third-order valence-electron chi connectivity index (χ3n) is 4.89. The van der Waals surface area contributed by atoms with Gasteiger partial charge < -0.3 is 19.3 Å². The van der Waals surface area contributed by atoms with Gasteiger partial charge in [0.1, 0.15) is 5.76 Å². The van der Waals surface area contributed by atoms with E-state index in [1.54, 1.807) is 11.8 Å². The molecule has 1 aromatic heterocycles. The van der Waals surface area contributed by atoms with E-state index >= 15 is 0 Å². The largest absolute Gasteiger partial charge is 0.456 e. The lowest BCUT2D eigenvalue weighted by Crippen LogP contribution is -2.33. The van der Waals surface area contributed by atoms with E-state index in [0.717, 1.165) is 19.6 Å². The van der Waals surface area contributed by atoms with Gasteiger partial charge in [0.25, 0.3) is 5.91 Å². The van der Waals surface area contributed by atoms with Crippen LogP contribution in [0.1, 0.15) is 29.2 Å². The van der Waals surface area contributed by atoms with Crippen molar-refractivity contribution < 1.29 is 14.3 Å². The topological polar surface area (TPSA) is 74.0 Å². The number of carbonyl (C=O) groups excluding carboxylic acids is 1. The predicted octanol–water partition coefficient (Wildman–Crippen LogP) is 0.725. The maximum absolute atomic E-state index is 12.6. The Morgan fingerprint density at radius 1 is 1.26 bits per heavy atom. The van der Waals surface area contributed by atoms with Gasteiger partial charge in [-0.15, -0.1) is 0 Å². The van der Waals surface area contributed by atoms with Crippen LogP contribution in [0.15, 0.2) is 21.3 Å². The lowest BCUT2D eigenvalue weighted by molar-refractivity contribution is 0.0743. The average Bonchev–Trinajstić information content (AvgIpc) is 3.15. The van der Waals surface area contributed by atoms with Crippen molar-refractivity contribution in [1.29, 1.82) is 0 Å². The number of rotatable bonds is 4. The Bertz CT molecular complexity index is 621. The minimum absolute atomic E-state index is 0.0834. The van der Waals surface area contributed by atoms with Gasteiger partial charge in [-0.2, -0.15) is 0 Å². The van der Waals surface area contributed by atoms with Gasteiger partial charge in [0, 0.05) is 44.3 Å². The molecule has 0 aliphatic carbocycles. The number of nitrogens with zero attached hydrogens (tertiary/aromatic N) is 2. The predicted molar refractivity (Wildman–Crippen MR) is 85.4 cm³/mol. The van der Waals surface area contributed by atoms with Gasteiger partial charge in [-0.25, -0.2) is 0 Å². The van der Waals surface area contributed by atoms with Crippen molar-refractivity contribution in [2.45, 2.75) is 19.8 Å². The summed E-state index contributed by atoms with van der Waals surface area (Å²) in [5.41, 5.74) is -0.219. The molecule has 3 rings (SSSR count). The number of hydrogen-bond acceptors (Lipinski definition) is 5. The highest BCUT2D eigenvalue weighted by atomic mass is 16.3. The van der Waals surface area contributed by atoms with Gasteiger partial charge in [-0.1, -0.05) is 0 Å². The highest BCUT2D eigenvalue weighted by molar-refractivity contribution is 5.91. The molecule has 0 radical (unpaired) electrons. The summed E-state index contributed by atoms with van der Waals surface area (Å²) < 4.78 is 5.41. The molecule has 126 valence electrons. The summed E-state index contributed by atoms with van der Waals surface area (Å²) in [6, 6.07) is 2.62. The molecular weight excluding hydrogens is 296 g/mol. The van der Waals surface area contributed by atoms with E-state index in [1.165, 1.54) is 25.0 Å². The van der Waals surface area contributed by atoms with Gasteiger partial charge in [-0.3, -0.25) is 9.59 Å². The van der Waals surface area contributed by atoms with Crippen molar-refractivity contribution in [2.75, 3.05) is 39.3 Å². The van der Waals surface area contributed by atoms with Gasteiger partial charge in [-0.05, 0) is 38.8 Å². The standard InChI is InChI=1S/C17H24N2O4/c1-12-6-15(21)7-16(23-12)17(22)19-9-13(14(10-19)11-20)8-18-4-2-3-5-18/h6-7,13-14,20H,2-5,8-11H2,1H3/t13-,14-/m1/s1. The van der Waals surface area contributed by atoms with Crippen LogP contribution in [-0.4, -0.2) is 60.1 Å². The molecule has 3 heterocycles. The highest BCUT2D eigenvalue weighted by Gasteiger charge is 2.37. The van der Waals surface area contributed by atoms with E-state index in [1.807, 2.05) is 0 Å². The van der Waals surface area contributed by atoms with Crippen LogP contribution in [0.25, 0.3) is 0 Å². The zero-order valence-electron chi connectivity index (χ0n) is 13.5. The molecular formula is C17H24N2O4. The van der Waals surface area contributed by atoms with Crippen LogP contribution in [0.4, 0.5) is 0 Å². The molecule has 0 saturated carbocycles. The molecule has 2 aliphatic heterocycles. The molecule has 2 saturated heterocycles. The number of aryl methyl sites for hydroxylation is 1. The second-order valence-corrected chi connectivity index (χ2v) is 6.69. The average molecular weight is 320 g/mol. The maximum Gasteiger partial charge on any atom is 0.289 e. The van der Waals surface area contributed by atoms with E-state index < -0.39 is 0 Å². The lowest BCUT2D eigenvalue weighted by Gasteiger charge is -2.22. The highest BCUT2D eigenvalue weighted by Crippen LogP contribution is 2.26. The summed E-state index contributed by atoms with van der Waals surface area (Å²) in [7, 11) is 0. The van der Waals surface area contributed by atoms with Crippen molar-refractivity contribution in [3.63, 3.8) is 0 Å². The van der Waals surface area contributed by atoms with Crippen molar-refractivity contribution >= 4 is 5.91 Å². The van der Waals surface area contributed by atoms with Crippen molar-refractivity contribution in [2.24, 2.45) is 11.8 Å². The molecule has 1 aromatic rings. The third kappa shape index (κ3) is 3.64. The van der Waals surface area contributed by atoms with Crippen LogP contribution in [0, 0.1) is 18.8 Å². The SMILES string of the molecule is Cc1cc(=O)cc(C(=O)N2C[C@@H](CN3CCCC3)[C@@H](CO)C2)o1. The zero-order chi connectivity index (χ0) is 16.4. The Morgan fingerprint density at radius 3 is 2.61 bits per heavy atom. The first-order chi connectivity index (χ1) is 11.1. The second-order valence-electron chi connectivity index (χ2n) is 6.69. The number of amides is 1. The Kier molecular flexibility index (Phi) is 4.82. The van der Waals surface area contributed by atoms with Crippen LogP contribution in [-0.2, 0) is 0 Å². The fourth-order valence-electron chi connectivity index (χ4n) is 3.68. The summed E-state index contributed by atoms with van der Waals surface area (Å²) in [4.78, 5) is 28.3. The first-order valence-electron chi connectivity index (χ1n) is 8.31. The molecule has 2 aliphatic rings. The van der Waals surface area contributed by atoms with Crippen LogP contribution in [0.2, 0.25) is 0 Å². The summed E-state index contributed by atoms with van der Waals surface area (Å²) in [5.74, 6) is 0.642. The van der Waals surface area contributed by atoms with Crippen molar-refractivity contribution in [1.82, 2.24) is 9.80 Å². The Hall–Kier alpha value is -1.66. The lowest BCUT2D eigenvalue weighted by atomic mass is 9.96. The third-order valence-corrected chi connectivity index (χ3v) is 4.89. The molecule has 23 heavy (non-hydrogen) atoms. The summed E-state index contributed by atoms with van der Waals surface area (Å²) >= 11 is 0. The quantitative estimate of drug-likeness (QED) is 0.885. The van der Waals surface area contributed by atoms with E-state index in [4.69, 9.17) is 4.42 Å². The first kappa shape index (κ1) is 16.2. The summed E-state index contributed by atoms with van der Waals surface area (Å²) in [5, 5.41) is 9.64. The van der Waals surface area contributed by atoms with Crippen molar-refractivity contribution in [3.05, 3.63) is 33.9 Å². The van der Waals surface area contributed by atoms with Crippen LogP contribution in [0.3, 0.4) is 0 Å². The molecule has 0 aromatic carbocycles. The van der Waals surface area contributed by atoms with Gasteiger partial charge in [0.15, 0.2) is 11.2 Å². The van der Waals surface area contributed by atoms with Crippen molar-refractivity contribution in [3.8, 4) is 0 Å². The van der Waals surface area contributed by atoms with E-state index in [0.29, 0.717) is 18.8 Å². The van der Waals surface area contributed by atoms with E-state index in [9.17, 15) is 14.7 Å². The molecule has 6 heteroatoms. The number of hydrogen-bond donors (Lipinski definition) is 1. The number of carbonyl (C=O) groups is 1. The minimum atomic E-state index is -0.256. The normalized spacial score (nSPS) is 25.2. The van der Waals surface area contributed by atoms with Crippen LogP contribution >= 0.6 is 0 Å².